The molecule has 0 radical (unpaired) electrons. The number of hydrogen-bond acceptors (Lipinski definition) is 3. The fourth-order valence-corrected chi connectivity index (χ4v) is 3.09. The lowest BCUT2D eigenvalue weighted by atomic mass is 10.2. The average Bonchev–Trinajstić information content (AvgIpc) is 3.01. The zero-order valence-electron chi connectivity index (χ0n) is 12.1. The number of aromatic nitrogens is 2. The maximum atomic E-state index is 13.0. The lowest BCUT2D eigenvalue weighted by molar-refractivity contribution is -0.0435. The number of sulfone groups is 1. The highest BCUT2D eigenvalue weighted by Crippen LogP contribution is 2.36. The van der Waals surface area contributed by atoms with Crippen LogP contribution in [0, 0.1) is 0 Å². The molecule has 124 valence electrons. The first-order chi connectivity index (χ1) is 11.3. The molecule has 0 fully saturated rings. The Morgan fingerprint density at radius 1 is 0.875 bits per heavy atom. The van der Waals surface area contributed by atoms with Crippen LogP contribution in [0.1, 0.15) is 0 Å². The monoisotopic (exact) mass is 352 g/mol. The predicted octanol–water partition coefficient (Wildman–Crippen LogP) is 3.83. The maximum absolute atomic E-state index is 13.0. The summed E-state index contributed by atoms with van der Waals surface area (Å²) in [5.41, 5.74) is -4.90. The normalized spacial score (nSPS) is 12.3. The summed E-state index contributed by atoms with van der Waals surface area (Å²) in [5, 5.41) is 4.07. The number of nitrogens with zero attached hydrogens (tertiary/aromatic N) is 2. The van der Waals surface area contributed by atoms with Gasteiger partial charge in [-0.1, -0.05) is 48.5 Å². The molecule has 0 aliphatic rings. The van der Waals surface area contributed by atoms with Crippen molar-refractivity contribution in [3.63, 3.8) is 0 Å². The van der Waals surface area contributed by atoms with Gasteiger partial charge in [0, 0.05) is 5.56 Å². The van der Waals surface area contributed by atoms with Gasteiger partial charge in [0.2, 0.25) is 0 Å². The van der Waals surface area contributed by atoms with Gasteiger partial charge in [-0.2, -0.15) is 18.3 Å². The Kier molecular flexibility index (Phi) is 3.92. The Hall–Kier alpha value is -2.61. The van der Waals surface area contributed by atoms with Gasteiger partial charge in [0.1, 0.15) is 10.6 Å². The maximum Gasteiger partial charge on any atom is 0.502 e. The molecule has 8 heteroatoms. The Labute approximate surface area is 136 Å². The van der Waals surface area contributed by atoms with Crippen molar-refractivity contribution < 1.29 is 21.6 Å². The number of halogens is 3. The highest BCUT2D eigenvalue weighted by molar-refractivity contribution is 7.92. The summed E-state index contributed by atoms with van der Waals surface area (Å²) in [6.45, 7) is 0. The molecule has 0 saturated carbocycles. The standard InChI is InChI=1S/C16H11F3N2O2S/c17-16(18,19)24(22,23)14-11-21(13-9-5-2-6-10-13)20-15(14)12-7-3-1-4-8-12/h1-11H. The third kappa shape index (κ3) is 2.80. The van der Waals surface area contributed by atoms with E-state index in [4.69, 9.17) is 0 Å². The van der Waals surface area contributed by atoms with E-state index < -0.39 is 20.2 Å². The Morgan fingerprint density at radius 2 is 1.42 bits per heavy atom. The molecule has 0 bridgehead atoms. The van der Waals surface area contributed by atoms with Crippen LogP contribution in [0.5, 0.6) is 0 Å². The summed E-state index contributed by atoms with van der Waals surface area (Å²) >= 11 is 0. The van der Waals surface area contributed by atoms with Gasteiger partial charge in [-0.05, 0) is 12.1 Å². The molecule has 0 amide bonds. The smallest absolute Gasteiger partial charge is 0.239 e. The first-order valence-corrected chi connectivity index (χ1v) is 8.31. The SMILES string of the molecule is O=S(=O)(c1cn(-c2ccccc2)nc1-c1ccccc1)C(F)(F)F. The molecule has 0 atom stereocenters. The average molecular weight is 352 g/mol. The van der Waals surface area contributed by atoms with E-state index in [-0.39, 0.29) is 11.3 Å². The number of benzene rings is 2. The fraction of sp³-hybridized carbons (Fsp3) is 0.0625. The van der Waals surface area contributed by atoms with Crippen LogP contribution >= 0.6 is 0 Å². The van der Waals surface area contributed by atoms with Crippen LogP contribution < -0.4 is 0 Å². The van der Waals surface area contributed by atoms with Gasteiger partial charge in [-0.3, -0.25) is 0 Å². The van der Waals surface area contributed by atoms with Crippen molar-refractivity contribution in [2.45, 2.75) is 10.4 Å². The van der Waals surface area contributed by atoms with E-state index in [0.717, 1.165) is 10.9 Å². The Balaban J connectivity index is 2.26. The minimum atomic E-state index is -5.53. The largest absolute Gasteiger partial charge is 0.502 e. The second-order valence-electron chi connectivity index (χ2n) is 4.94. The zero-order valence-corrected chi connectivity index (χ0v) is 12.9. The molecule has 0 spiro atoms. The van der Waals surface area contributed by atoms with Gasteiger partial charge in [0.05, 0.1) is 11.9 Å². The fourth-order valence-electron chi connectivity index (χ4n) is 2.19. The number of rotatable bonds is 3. The van der Waals surface area contributed by atoms with Crippen LogP contribution in [0.25, 0.3) is 16.9 Å². The topological polar surface area (TPSA) is 52.0 Å². The lowest BCUT2D eigenvalue weighted by Gasteiger charge is -2.07. The minimum absolute atomic E-state index is 0.239. The summed E-state index contributed by atoms with van der Waals surface area (Å²) in [5.74, 6) is 0. The molecule has 0 aliphatic heterocycles. The molecule has 0 unspecified atom stereocenters. The van der Waals surface area contributed by atoms with E-state index >= 15 is 0 Å². The van der Waals surface area contributed by atoms with E-state index in [1.165, 1.54) is 12.1 Å². The van der Waals surface area contributed by atoms with E-state index in [9.17, 15) is 21.6 Å². The van der Waals surface area contributed by atoms with Crippen molar-refractivity contribution in [1.82, 2.24) is 9.78 Å². The van der Waals surface area contributed by atoms with Gasteiger partial charge in [-0.25, -0.2) is 13.1 Å². The molecule has 0 saturated heterocycles. The summed E-state index contributed by atoms with van der Waals surface area (Å²) in [6.07, 6.45) is 0.889. The molecule has 3 rings (SSSR count). The molecular weight excluding hydrogens is 341 g/mol. The molecular formula is C16H11F3N2O2S. The van der Waals surface area contributed by atoms with Crippen LogP contribution in [0.3, 0.4) is 0 Å². The van der Waals surface area contributed by atoms with Crippen molar-refractivity contribution in [3.05, 3.63) is 66.9 Å². The van der Waals surface area contributed by atoms with Crippen molar-refractivity contribution >= 4 is 9.84 Å². The number of alkyl halides is 3. The van der Waals surface area contributed by atoms with E-state index in [1.807, 2.05) is 0 Å². The van der Waals surface area contributed by atoms with Gasteiger partial charge >= 0.3 is 5.51 Å². The van der Waals surface area contributed by atoms with Crippen LogP contribution in [-0.2, 0) is 9.84 Å². The third-order valence-electron chi connectivity index (χ3n) is 3.34. The highest BCUT2D eigenvalue weighted by atomic mass is 32.2. The predicted molar refractivity (Wildman–Crippen MR) is 82.2 cm³/mol. The number of para-hydroxylation sites is 1. The summed E-state index contributed by atoms with van der Waals surface area (Å²) in [6, 6.07) is 16.2. The van der Waals surface area contributed by atoms with Crippen molar-refractivity contribution in [3.8, 4) is 16.9 Å². The zero-order chi connectivity index (χ0) is 17.4. The summed E-state index contributed by atoms with van der Waals surface area (Å²) in [7, 11) is -5.53. The molecule has 0 N–H and O–H groups in total. The molecule has 1 heterocycles. The third-order valence-corrected chi connectivity index (χ3v) is 4.83. The van der Waals surface area contributed by atoms with Gasteiger partial charge in [-0.15, -0.1) is 0 Å². The van der Waals surface area contributed by atoms with Crippen molar-refractivity contribution in [2.24, 2.45) is 0 Å². The Morgan fingerprint density at radius 3 is 1.96 bits per heavy atom. The van der Waals surface area contributed by atoms with Crippen molar-refractivity contribution in [1.29, 1.82) is 0 Å². The van der Waals surface area contributed by atoms with Crippen LogP contribution in [-0.4, -0.2) is 23.7 Å². The summed E-state index contributed by atoms with van der Waals surface area (Å²) in [4.78, 5) is -0.870. The van der Waals surface area contributed by atoms with Crippen molar-refractivity contribution in [2.75, 3.05) is 0 Å². The van der Waals surface area contributed by atoms with Gasteiger partial charge < -0.3 is 0 Å². The number of hydrogen-bond donors (Lipinski definition) is 0. The van der Waals surface area contributed by atoms with Crippen LogP contribution in [0.2, 0.25) is 0 Å². The van der Waals surface area contributed by atoms with E-state index in [0.29, 0.717) is 5.69 Å². The summed E-state index contributed by atoms with van der Waals surface area (Å²) < 4.78 is 64.0. The first kappa shape index (κ1) is 16.3. The molecule has 24 heavy (non-hydrogen) atoms. The highest BCUT2D eigenvalue weighted by Gasteiger charge is 2.49. The first-order valence-electron chi connectivity index (χ1n) is 6.82. The molecule has 2 aromatic carbocycles. The van der Waals surface area contributed by atoms with Crippen LogP contribution in [0.4, 0.5) is 13.2 Å². The van der Waals surface area contributed by atoms with Gasteiger partial charge in [0.15, 0.2) is 0 Å². The molecule has 1 aromatic heterocycles. The van der Waals surface area contributed by atoms with E-state index in [1.54, 1.807) is 48.5 Å². The molecule has 0 aliphatic carbocycles. The molecule has 3 aromatic rings. The van der Waals surface area contributed by atoms with E-state index in [2.05, 4.69) is 5.10 Å². The molecule has 4 nitrogen and oxygen atoms in total. The Bertz CT molecular complexity index is 950. The lowest BCUT2D eigenvalue weighted by Crippen LogP contribution is -2.23. The van der Waals surface area contributed by atoms with Crippen LogP contribution in [0.15, 0.2) is 71.8 Å². The second-order valence-corrected chi connectivity index (χ2v) is 6.85. The minimum Gasteiger partial charge on any atom is -0.239 e. The second kappa shape index (κ2) is 5.79. The van der Waals surface area contributed by atoms with Gasteiger partial charge in [0.25, 0.3) is 9.84 Å². The quantitative estimate of drug-likeness (QED) is 0.720.